The van der Waals surface area contributed by atoms with Gasteiger partial charge in [-0.2, -0.15) is 0 Å². The van der Waals surface area contributed by atoms with Crippen molar-refractivity contribution >= 4 is 29.3 Å². The van der Waals surface area contributed by atoms with E-state index in [-0.39, 0.29) is 16.3 Å². The van der Waals surface area contributed by atoms with Crippen LogP contribution in [0.1, 0.15) is 5.56 Å². The Morgan fingerprint density at radius 1 is 1.05 bits per heavy atom. The number of para-hydroxylation sites is 1. The van der Waals surface area contributed by atoms with Crippen LogP contribution in [-0.2, 0) is 4.79 Å². The molecular weight excluding hydrogens is 284 g/mol. The maximum absolute atomic E-state index is 13.5. The van der Waals surface area contributed by atoms with Gasteiger partial charge in [0.05, 0.1) is 10.7 Å². The van der Waals surface area contributed by atoms with Crippen LogP contribution in [0.5, 0.6) is 0 Å². The van der Waals surface area contributed by atoms with Crippen LogP contribution in [0.15, 0.2) is 48.5 Å². The lowest BCUT2D eigenvalue weighted by Gasteiger charge is -2.03. The Balaban J connectivity index is 2.12. The number of benzene rings is 2. The molecule has 2 aromatic rings. The number of anilines is 1. The summed E-state index contributed by atoms with van der Waals surface area (Å²) < 4.78 is 26.8. The molecule has 2 aromatic carbocycles. The van der Waals surface area contributed by atoms with E-state index in [4.69, 9.17) is 11.6 Å². The van der Waals surface area contributed by atoms with E-state index in [9.17, 15) is 13.6 Å². The molecule has 0 aliphatic rings. The molecule has 102 valence electrons. The van der Waals surface area contributed by atoms with E-state index in [2.05, 4.69) is 5.32 Å². The highest BCUT2D eigenvalue weighted by atomic mass is 35.5. The first-order valence-electron chi connectivity index (χ1n) is 5.75. The monoisotopic (exact) mass is 293 g/mol. The molecule has 0 unspecified atom stereocenters. The van der Waals surface area contributed by atoms with E-state index >= 15 is 0 Å². The maximum atomic E-state index is 13.5. The standard InChI is InChI=1S/C15H10ClF2NO/c16-11-4-3-6-12(17)10(11)8-9-15(20)19-14-7-2-1-5-13(14)18/h1-9H,(H,19,20)/b9-8+. The number of hydrogen-bond donors (Lipinski definition) is 1. The van der Waals surface area contributed by atoms with Gasteiger partial charge in [-0.25, -0.2) is 8.78 Å². The van der Waals surface area contributed by atoms with Crippen molar-refractivity contribution in [2.45, 2.75) is 0 Å². The minimum Gasteiger partial charge on any atom is -0.320 e. The van der Waals surface area contributed by atoms with Crippen molar-refractivity contribution in [3.05, 3.63) is 70.8 Å². The summed E-state index contributed by atoms with van der Waals surface area (Å²) in [4.78, 5) is 11.6. The summed E-state index contributed by atoms with van der Waals surface area (Å²) in [6.45, 7) is 0. The van der Waals surface area contributed by atoms with E-state index in [0.29, 0.717) is 0 Å². The Bertz CT molecular complexity index is 650. The highest BCUT2D eigenvalue weighted by molar-refractivity contribution is 6.32. The molecule has 1 N–H and O–H groups in total. The predicted octanol–water partition coefficient (Wildman–Crippen LogP) is 4.27. The normalized spacial score (nSPS) is 10.8. The zero-order chi connectivity index (χ0) is 14.5. The zero-order valence-corrected chi connectivity index (χ0v) is 11.0. The fraction of sp³-hybridized carbons (Fsp3) is 0. The van der Waals surface area contributed by atoms with Gasteiger partial charge in [-0.05, 0) is 30.3 Å². The summed E-state index contributed by atoms with van der Waals surface area (Å²) in [5, 5.41) is 2.55. The molecule has 0 atom stereocenters. The molecule has 0 fully saturated rings. The highest BCUT2D eigenvalue weighted by Crippen LogP contribution is 2.20. The van der Waals surface area contributed by atoms with Gasteiger partial charge >= 0.3 is 0 Å². The van der Waals surface area contributed by atoms with Gasteiger partial charge in [0, 0.05) is 11.6 Å². The summed E-state index contributed by atoms with van der Waals surface area (Å²) in [7, 11) is 0. The number of nitrogens with one attached hydrogen (secondary N) is 1. The summed E-state index contributed by atoms with van der Waals surface area (Å²) in [6, 6.07) is 9.98. The van der Waals surface area contributed by atoms with Crippen LogP contribution in [0, 0.1) is 11.6 Å². The second kappa shape index (κ2) is 6.30. The van der Waals surface area contributed by atoms with Crippen molar-refractivity contribution in [3.63, 3.8) is 0 Å². The number of carbonyl (C=O) groups is 1. The topological polar surface area (TPSA) is 29.1 Å². The third-order valence-corrected chi connectivity index (χ3v) is 2.86. The minimum absolute atomic E-state index is 0.0572. The van der Waals surface area contributed by atoms with Gasteiger partial charge in [0.2, 0.25) is 5.91 Å². The van der Waals surface area contributed by atoms with Gasteiger partial charge in [-0.1, -0.05) is 29.8 Å². The van der Waals surface area contributed by atoms with Gasteiger partial charge in [0.1, 0.15) is 11.6 Å². The first-order chi connectivity index (χ1) is 9.58. The summed E-state index contributed by atoms with van der Waals surface area (Å²) in [6.07, 6.45) is 2.34. The Kier molecular flexibility index (Phi) is 4.48. The van der Waals surface area contributed by atoms with E-state index in [0.717, 1.165) is 6.08 Å². The van der Waals surface area contributed by atoms with Crippen molar-refractivity contribution in [2.75, 3.05) is 5.32 Å². The van der Waals surface area contributed by atoms with Crippen molar-refractivity contribution < 1.29 is 13.6 Å². The molecule has 2 rings (SSSR count). The molecule has 0 saturated heterocycles. The van der Waals surface area contributed by atoms with Crippen LogP contribution in [0.2, 0.25) is 5.02 Å². The third-order valence-electron chi connectivity index (χ3n) is 2.53. The van der Waals surface area contributed by atoms with Crippen LogP contribution < -0.4 is 5.32 Å². The lowest BCUT2D eigenvalue weighted by atomic mass is 10.2. The fourth-order valence-corrected chi connectivity index (χ4v) is 1.79. The van der Waals surface area contributed by atoms with Gasteiger partial charge < -0.3 is 5.32 Å². The predicted molar refractivity (Wildman–Crippen MR) is 75.5 cm³/mol. The van der Waals surface area contributed by atoms with E-state index in [1.54, 1.807) is 6.07 Å². The first-order valence-corrected chi connectivity index (χ1v) is 6.13. The molecule has 0 spiro atoms. The van der Waals surface area contributed by atoms with Gasteiger partial charge in [-0.3, -0.25) is 4.79 Å². The Labute approximate surface area is 119 Å². The van der Waals surface area contributed by atoms with Crippen molar-refractivity contribution in [3.8, 4) is 0 Å². The third kappa shape index (κ3) is 3.42. The molecule has 0 bridgehead atoms. The first kappa shape index (κ1) is 14.2. The molecule has 0 aliphatic carbocycles. The van der Waals surface area contributed by atoms with Gasteiger partial charge in [0.25, 0.3) is 0 Å². The molecule has 5 heteroatoms. The van der Waals surface area contributed by atoms with E-state index < -0.39 is 17.5 Å². The SMILES string of the molecule is O=C(/C=C/c1c(F)cccc1Cl)Nc1ccccc1F. The molecule has 0 saturated carbocycles. The lowest BCUT2D eigenvalue weighted by Crippen LogP contribution is -2.09. The number of rotatable bonds is 3. The second-order valence-corrected chi connectivity index (χ2v) is 4.34. The molecule has 1 amide bonds. The lowest BCUT2D eigenvalue weighted by molar-refractivity contribution is -0.111. The van der Waals surface area contributed by atoms with E-state index in [1.807, 2.05) is 0 Å². The quantitative estimate of drug-likeness (QED) is 0.841. The van der Waals surface area contributed by atoms with Gasteiger partial charge in [0.15, 0.2) is 0 Å². The fourth-order valence-electron chi connectivity index (χ4n) is 1.57. The van der Waals surface area contributed by atoms with Crippen LogP contribution in [0.25, 0.3) is 6.08 Å². The molecular formula is C15H10ClF2NO. The average Bonchev–Trinajstić information content (AvgIpc) is 2.41. The molecule has 0 radical (unpaired) electrons. The summed E-state index contributed by atoms with van der Waals surface area (Å²) in [5.74, 6) is -1.65. The van der Waals surface area contributed by atoms with E-state index in [1.165, 1.54) is 42.5 Å². The van der Waals surface area contributed by atoms with Gasteiger partial charge in [-0.15, -0.1) is 0 Å². The van der Waals surface area contributed by atoms with Crippen LogP contribution in [0.4, 0.5) is 14.5 Å². The average molecular weight is 294 g/mol. The largest absolute Gasteiger partial charge is 0.320 e. The Morgan fingerprint density at radius 3 is 2.45 bits per heavy atom. The molecule has 0 heterocycles. The maximum Gasteiger partial charge on any atom is 0.248 e. The molecule has 2 nitrogen and oxygen atoms in total. The number of amides is 1. The smallest absolute Gasteiger partial charge is 0.248 e. The van der Waals surface area contributed by atoms with Crippen LogP contribution in [0.3, 0.4) is 0 Å². The number of hydrogen-bond acceptors (Lipinski definition) is 1. The molecule has 0 aliphatic heterocycles. The van der Waals surface area contributed by atoms with Crippen molar-refractivity contribution in [2.24, 2.45) is 0 Å². The summed E-state index contributed by atoms with van der Waals surface area (Å²) in [5.41, 5.74) is 0.166. The molecule has 0 aromatic heterocycles. The van der Waals surface area contributed by atoms with Crippen LogP contribution in [-0.4, -0.2) is 5.91 Å². The van der Waals surface area contributed by atoms with Crippen LogP contribution >= 0.6 is 11.6 Å². The van der Waals surface area contributed by atoms with Crippen molar-refractivity contribution in [1.82, 2.24) is 0 Å². The Morgan fingerprint density at radius 2 is 1.75 bits per heavy atom. The zero-order valence-electron chi connectivity index (χ0n) is 10.2. The number of halogens is 3. The Hall–Kier alpha value is -2.20. The second-order valence-electron chi connectivity index (χ2n) is 3.94. The highest BCUT2D eigenvalue weighted by Gasteiger charge is 2.05. The minimum atomic E-state index is -0.575. The summed E-state index contributed by atoms with van der Waals surface area (Å²) >= 11 is 5.82. The number of carbonyl (C=O) groups excluding carboxylic acids is 1. The van der Waals surface area contributed by atoms with Crippen molar-refractivity contribution in [1.29, 1.82) is 0 Å². The molecule has 20 heavy (non-hydrogen) atoms.